The van der Waals surface area contributed by atoms with Crippen molar-refractivity contribution in [2.75, 3.05) is 6.61 Å². The molecule has 0 N–H and O–H groups in total. The molecular formula is C15H18O2. The second-order valence-electron chi connectivity index (χ2n) is 4.89. The van der Waals surface area contributed by atoms with Crippen LogP contribution in [0.4, 0.5) is 0 Å². The van der Waals surface area contributed by atoms with Crippen LogP contribution in [-0.4, -0.2) is 12.7 Å². The van der Waals surface area contributed by atoms with E-state index in [2.05, 4.69) is 19.1 Å². The smallest absolute Gasteiger partial charge is 0.130 e. The highest BCUT2D eigenvalue weighted by Gasteiger charge is 2.18. The molecule has 0 unspecified atom stereocenters. The molecule has 1 aliphatic heterocycles. The number of hydrogen-bond acceptors (Lipinski definition) is 2. The number of hydrogen-bond donors (Lipinski definition) is 0. The lowest BCUT2D eigenvalue weighted by Gasteiger charge is -2.19. The molecule has 3 rings (SSSR count). The molecule has 1 fully saturated rings. The van der Waals surface area contributed by atoms with E-state index in [0.29, 0.717) is 12.7 Å². The van der Waals surface area contributed by atoms with Crippen molar-refractivity contribution in [2.45, 2.75) is 38.7 Å². The minimum atomic E-state index is 0.408. The summed E-state index contributed by atoms with van der Waals surface area (Å²) in [4.78, 5) is 0. The Morgan fingerprint density at radius 3 is 2.88 bits per heavy atom. The van der Waals surface area contributed by atoms with Crippen LogP contribution in [-0.2, 0) is 0 Å². The van der Waals surface area contributed by atoms with E-state index in [1.165, 1.54) is 31.2 Å². The second-order valence-corrected chi connectivity index (χ2v) is 4.89. The highest BCUT2D eigenvalue weighted by Crippen LogP contribution is 2.34. The number of benzene rings is 1. The maximum atomic E-state index is 6.07. The zero-order valence-corrected chi connectivity index (χ0v) is 10.2. The molecule has 2 heteroatoms. The minimum absolute atomic E-state index is 0.408. The van der Waals surface area contributed by atoms with Crippen molar-refractivity contribution in [1.29, 1.82) is 0 Å². The Labute approximate surface area is 102 Å². The molecule has 1 aromatic rings. The quantitative estimate of drug-likeness (QED) is 0.771. The van der Waals surface area contributed by atoms with Crippen LogP contribution in [0.25, 0.3) is 6.08 Å². The average Bonchev–Trinajstić information content (AvgIpc) is 2.83. The standard InChI is InChI=1S/C15H18O2/c1-11-9-12-5-4-8-16-15(12)10-14(11)17-13-6-2-3-7-13/h4-5,9-10,13H,2-3,6-8H2,1H3. The third-order valence-corrected chi connectivity index (χ3v) is 3.54. The third kappa shape index (κ3) is 2.17. The lowest BCUT2D eigenvalue weighted by Crippen LogP contribution is -2.12. The Balaban J connectivity index is 1.86. The number of rotatable bonds is 2. The van der Waals surface area contributed by atoms with E-state index in [4.69, 9.17) is 9.47 Å². The van der Waals surface area contributed by atoms with Gasteiger partial charge in [-0.2, -0.15) is 0 Å². The average molecular weight is 230 g/mol. The summed E-state index contributed by atoms with van der Waals surface area (Å²) in [5, 5.41) is 0. The van der Waals surface area contributed by atoms with Crippen molar-refractivity contribution >= 4 is 6.08 Å². The largest absolute Gasteiger partial charge is 0.490 e. The fraction of sp³-hybridized carbons (Fsp3) is 0.467. The fourth-order valence-electron chi connectivity index (χ4n) is 2.57. The Morgan fingerprint density at radius 1 is 1.24 bits per heavy atom. The van der Waals surface area contributed by atoms with Crippen molar-refractivity contribution in [1.82, 2.24) is 0 Å². The molecule has 0 bridgehead atoms. The SMILES string of the molecule is Cc1cc2c(cc1OC1CCCC1)OCC=C2. The topological polar surface area (TPSA) is 18.5 Å². The van der Waals surface area contributed by atoms with Crippen molar-refractivity contribution in [3.05, 3.63) is 29.3 Å². The van der Waals surface area contributed by atoms with Gasteiger partial charge >= 0.3 is 0 Å². The molecule has 1 saturated carbocycles. The molecule has 17 heavy (non-hydrogen) atoms. The molecule has 2 aliphatic rings. The van der Waals surface area contributed by atoms with Crippen molar-refractivity contribution in [3.8, 4) is 11.5 Å². The van der Waals surface area contributed by atoms with Gasteiger partial charge in [0.2, 0.25) is 0 Å². The maximum absolute atomic E-state index is 6.07. The summed E-state index contributed by atoms with van der Waals surface area (Å²) in [6.45, 7) is 2.77. The van der Waals surface area contributed by atoms with E-state index in [9.17, 15) is 0 Å². The highest BCUT2D eigenvalue weighted by atomic mass is 16.5. The van der Waals surface area contributed by atoms with Crippen LogP contribution < -0.4 is 9.47 Å². The van der Waals surface area contributed by atoms with Gasteiger partial charge in [-0.3, -0.25) is 0 Å². The molecule has 90 valence electrons. The lowest BCUT2D eigenvalue weighted by molar-refractivity contribution is 0.207. The van der Waals surface area contributed by atoms with Gasteiger partial charge in [-0.1, -0.05) is 6.08 Å². The second kappa shape index (κ2) is 4.44. The van der Waals surface area contributed by atoms with Gasteiger partial charge < -0.3 is 9.47 Å². The predicted molar refractivity (Wildman–Crippen MR) is 68.6 cm³/mol. The molecule has 0 radical (unpaired) electrons. The first kappa shape index (κ1) is 10.7. The monoisotopic (exact) mass is 230 g/mol. The summed E-state index contributed by atoms with van der Waals surface area (Å²) in [6, 6.07) is 4.20. The molecule has 1 aromatic carbocycles. The lowest BCUT2D eigenvalue weighted by atomic mass is 10.1. The predicted octanol–water partition coefficient (Wildman–Crippen LogP) is 3.72. The summed E-state index contributed by atoms with van der Waals surface area (Å²) in [7, 11) is 0. The number of ether oxygens (including phenoxy) is 2. The van der Waals surface area contributed by atoms with Crippen molar-refractivity contribution in [2.24, 2.45) is 0 Å². The summed E-state index contributed by atoms with van der Waals surface area (Å²) in [6.07, 6.45) is 9.55. The van der Waals surface area contributed by atoms with Gasteiger partial charge in [0.15, 0.2) is 0 Å². The zero-order valence-electron chi connectivity index (χ0n) is 10.2. The van der Waals surface area contributed by atoms with Crippen LogP contribution in [0.15, 0.2) is 18.2 Å². The number of fused-ring (bicyclic) bond motifs is 1. The van der Waals surface area contributed by atoms with Crippen molar-refractivity contribution < 1.29 is 9.47 Å². The van der Waals surface area contributed by atoms with Crippen LogP contribution in [0.3, 0.4) is 0 Å². The summed E-state index contributed by atoms with van der Waals surface area (Å²) >= 11 is 0. The Hall–Kier alpha value is -1.44. The molecule has 0 amide bonds. The molecule has 1 aliphatic carbocycles. The van der Waals surface area contributed by atoms with Gasteiger partial charge in [0.1, 0.15) is 18.1 Å². The van der Waals surface area contributed by atoms with E-state index in [-0.39, 0.29) is 0 Å². The zero-order chi connectivity index (χ0) is 11.7. The molecule has 0 atom stereocenters. The maximum Gasteiger partial charge on any atom is 0.130 e. The van der Waals surface area contributed by atoms with Gasteiger partial charge in [0.25, 0.3) is 0 Å². The van der Waals surface area contributed by atoms with Crippen LogP contribution in [0, 0.1) is 6.92 Å². The molecule has 2 nitrogen and oxygen atoms in total. The molecule has 1 heterocycles. The summed E-state index contributed by atoms with van der Waals surface area (Å²) < 4.78 is 11.7. The van der Waals surface area contributed by atoms with Crippen LogP contribution in [0.5, 0.6) is 11.5 Å². The number of aryl methyl sites for hydroxylation is 1. The van der Waals surface area contributed by atoms with E-state index in [1.807, 2.05) is 12.1 Å². The molecular weight excluding hydrogens is 212 g/mol. The molecule has 0 saturated heterocycles. The van der Waals surface area contributed by atoms with Crippen LogP contribution >= 0.6 is 0 Å². The Kier molecular flexibility index (Phi) is 2.79. The molecule has 0 spiro atoms. The van der Waals surface area contributed by atoms with E-state index >= 15 is 0 Å². The normalized spacial score (nSPS) is 18.9. The first-order chi connectivity index (χ1) is 8.33. The Bertz CT molecular complexity index is 442. The van der Waals surface area contributed by atoms with E-state index < -0.39 is 0 Å². The van der Waals surface area contributed by atoms with E-state index in [0.717, 1.165) is 17.1 Å². The summed E-state index contributed by atoms with van der Waals surface area (Å²) in [5.41, 5.74) is 2.36. The van der Waals surface area contributed by atoms with Crippen molar-refractivity contribution in [3.63, 3.8) is 0 Å². The summed E-state index contributed by atoms with van der Waals surface area (Å²) in [5.74, 6) is 1.94. The molecule has 0 aromatic heterocycles. The fourth-order valence-corrected chi connectivity index (χ4v) is 2.57. The van der Waals surface area contributed by atoms with Gasteiger partial charge in [-0.25, -0.2) is 0 Å². The first-order valence-corrected chi connectivity index (χ1v) is 6.43. The first-order valence-electron chi connectivity index (χ1n) is 6.43. The van der Waals surface area contributed by atoms with Gasteiger partial charge in [0.05, 0.1) is 6.10 Å². The van der Waals surface area contributed by atoms with Crippen LogP contribution in [0.2, 0.25) is 0 Å². The third-order valence-electron chi connectivity index (χ3n) is 3.54. The van der Waals surface area contributed by atoms with Gasteiger partial charge in [-0.05, 0) is 50.3 Å². The Morgan fingerprint density at radius 2 is 2.06 bits per heavy atom. The van der Waals surface area contributed by atoms with Gasteiger partial charge in [0, 0.05) is 11.6 Å². The van der Waals surface area contributed by atoms with E-state index in [1.54, 1.807) is 0 Å². The van der Waals surface area contributed by atoms with Crippen LogP contribution in [0.1, 0.15) is 36.8 Å². The van der Waals surface area contributed by atoms with Gasteiger partial charge in [-0.15, -0.1) is 0 Å². The highest BCUT2D eigenvalue weighted by molar-refractivity contribution is 5.62. The minimum Gasteiger partial charge on any atom is -0.490 e.